The number of amides is 2. The minimum absolute atomic E-state index is 0.133. The first-order valence-electron chi connectivity index (χ1n) is 9.05. The van der Waals surface area contributed by atoms with Crippen molar-refractivity contribution in [2.24, 2.45) is 0 Å². The number of hydrogen-bond acceptors (Lipinski definition) is 4. The highest BCUT2D eigenvalue weighted by atomic mass is 16.2. The Bertz CT molecular complexity index is 730. The first-order valence-corrected chi connectivity index (χ1v) is 9.05. The van der Waals surface area contributed by atoms with E-state index in [9.17, 15) is 9.59 Å². The summed E-state index contributed by atoms with van der Waals surface area (Å²) < 4.78 is 0. The molecule has 134 valence electrons. The fourth-order valence-corrected chi connectivity index (χ4v) is 3.65. The van der Waals surface area contributed by atoms with Gasteiger partial charge in [-0.05, 0) is 38.4 Å². The monoisotopic (exact) mass is 341 g/mol. The van der Waals surface area contributed by atoms with Crippen molar-refractivity contribution < 1.29 is 9.59 Å². The number of nitrogens with zero attached hydrogens (tertiary/aromatic N) is 3. The maximum absolute atomic E-state index is 13.1. The summed E-state index contributed by atoms with van der Waals surface area (Å²) in [5.41, 5.74) is 4.27. The lowest BCUT2D eigenvalue weighted by molar-refractivity contribution is -0.137. The van der Waals surface area contributed by atoms with E-state index in [4.69, 9.17) is 0 Å². The van der Waals surface area contributed by atoms with Crippen LogP contribution in [0.1, 0.15) is 30.0 Å². The van der Waals surface area contributed by atoms with Gasteiger partial charge in [0.15, 0.2) is 0 Å². The molecule has 3 rings (SSSR count). The highest BCUT2D eigenvalue weighted by molar-refractivity contribution is 6.35. The number of carbonyl (C=O) groups excluding carboxylic acids is 2. The molecule has 5 nitrogen and oxygen atoms in total. The third kappa shape index (κ3) is 3.21. The first-order chi connectivity index (χ1) is 11.9. The van der Waals surface area contributed by atoms with Crippen LogP contribution in [0.4, 0.5) is 0 Å². The number of rotatable bonds is 4. The van der Waals surface area contributed by atoms with Crippen LogP contribution in [-0.4, -0.2) is 66.3 Å². The van der Waals surface area contributed by atoms with Crippen LogP contribution >= 0.6 is 0 Å². The second-order valence-corrected chi connectivity index (χ2v) is 7.09. The molecule has 0 spiro atoms. The zero-order chi connectivity index (χ0) is 18.1. The fraction of sp³-hybridized carbons (Fsp3) is 0.500. The molecular formula is C20H27N3O2. The minimum Gasteiger partial charge on any atom is -0.364 e. The average Bonchev–Trinajstić information content (AvgIpc) is 2.81. The van der Waals surface area contributed by atoms with Gasteiger partial charge in [-0.2, -0.15) is 0 Å². The number of imide groups is 1. The van der Waals surface area contributed by atoms with Gasteiger partial charge >= 0.3 is 0 Å². The Morgan fingerprint density at radius 3 is 2.28 bits per heavy atom. The minimum atomic E-state index is -0.146. The number of hydrogen-bond donors (Lipinski definition) is 0. The Morgan fingerprint density at radius 2 is 1.68 bits per heavy atom. The molecule has 2 aliphatic heterocycles. The van der Waals surface area contributed by atoms with Crippen LogP contribution in [0.2, 0.25) is 0 Å². The van der Waals surface area contributed by atoms with Gasteiger partial charge in [0.1, 0.15) is 5.70 Å². The van der Waals surface area contributed by atoms with Crippen LogP contribution in [0.5, 0.6) is 0 Å². The molecule has 0 unspecified atom stereocenters. The third-order valence-electron chi connectivity index (χ3n) is 5.06. The van der Waals surface area contributed by atoms with E-state index in [1.165, 1.54) is 4.90 Å². The van der Waals surface area contributed by atoms with E-state index in [1.54, 1.807) is 0 Å². The number of likely N-dealkylation sites (N-methyl/N-ethyl adjacent to an activating group) is 1. The van der Waals surface area contributed by atoms with E-state index in [0.717, 1.165) is 49.3 Å². The highest BCUT2D eigenvalue weighted by Gasteiger charge is 2.41. The number of piperazine rings is 1. The van der Waals surface area contributed by atoms with Crippen molar-refractivity contribution in [3.05, 3.63) is 40.6 Å². The predicted molar refractivity (Wildman–Crippen MR) is 98.9 cm³/mol. The van der Waals surface area contributed by atoms with Gasteiger partial charge in [-0.3, -0.25) is 14.5 Å². The van der Waals surface area contributed by atoms with Crippen LogP contribution in [0, 0.1) is 13.8 Å². The zero-order valence-corrected chi connectivity index (χ0v) is 15.6. The van der Waals surface area contributed by atoms with Gasteiger partial charge in [0, 0.05) is 32.7 Å². The van der Waals surface area contributed by atoms with Crippen LogP contribution in [0.25, 0.3) is 5.57 Å². The van der Waals surface area contributed by atoms with E-state index in [-0.39, 0.29) is 11.8 Å². The predicted octanol–water partition coefficient (Wildman–Crippen LogP) is 2.04. The van der Waals surface area contributed by atoms with Crippen molar-refractivity contribution in [1.82, 2.24) is 14.7 Å². The number of benzene rings is 1. The lowest BCUT2D eigenvalue weighted by Gasteiger charge is -2.34. The van der Waals surface area contributed by atoms with Crippen LogP contribution in [-0.2, 0) is 9.59 Å². The van der Waals surface area contributed by atoms with Crippen LogP contribution < -0.4 is 0 Å². The molecule has 0 bridgehead atoms. The van der Waals surface area contributed by atoms with Crippen LogP contribution in [0.15, 0.2) is 23.9 Å². The lowest BCUT2D eigenvalue weighted by atomic mass is 9.97. The Kier molecular flexibility index (Phi) is 4.95. The molecule has 1 saturated heterocycles. The van der Waals surface area contributed by atoms with Crippen molar-refractivity contribution in [2.45, 2.75) is 27.2 Å². The molecule has 2 aliphatic rings. The summed E-state index contributed by atoms with van der Waals surface area (Å²) in [5.74, 6) is -0.279. The topological polar surface area (TPSA) is 43.9 Å². The lowest BCUT2D eigenvalue weighted by Crippen LogP contribution is -2.46. The van der Waals surface area contributed by atoms with E-state index in [1.807, 2.05) is 32.9 Å². The van der Waals surface area contributed by atoms with E-state index in [2.05, 4.69) is 22.9 Å². The molecule has 0 aliphatic carbocycles. The summed E-state index contributed by atoms with van der Waals surface area (Å²) >= 11 is 0. The second kappa shape index (κ2) is 7.00. The van der Waals surface area contributed by atoms with E-state index in [0.29, 0.717) is 17.8 Å². The zero-order valence-electron chi connectivity index (χ0n) is 15.6. The largest absolute Gasteiger partial charge is 0.364 e. The summed E-state index contributed by atoms with van der Waals surface area (Å²) in [4.78, 5) is 31.9. The van der Waals surface area contributed by atoms with Crippen molar-refractivity contribution in [3.63, 3.8) is 0 Å². The molecule has 0 aromatic heterocycles. The molecule has 0 atom stereocenters. The van der Waals surface area contributed by atoms with Gasteiger partial charge in [0.25, 0.3) is 11.8 Å². The Morgan fingerprint density at radius 1 is 1.00 bits per heavy atom. The normalized spacial score (nSPS) is 19.4. The SMILES string of the molecule is CCCN1C(=O)C(c2ccc(C)cc2C)=C(N2CCN(C)CC2)C1=O. The molecule has 0 N–H and O–H groups in total. The summed E-state index contributed by atoms with van der Waals surface area (Å²) in [6.45, 7) is 9.87. The number of aryl methyl sites for hydroxylation is 2. The molecule has 1 aromatic carbocycles. The molecule has 5 heteroatoms. The van der Waals surface area contributed by atoms with Gasteiger partial charge in [0.2, 0.25) is 0 Å². The van der Waals surface area contributed by atoms with Crippen molar-refractivity contribution in [2.75, 3.05) is 39.8 Å². The van der Waals surface area contributed by atoms with E-state index >= 15 is 0 Å². The van der Waals surface area contributed by atoms with Crippen molar-refractivity contribution >= 4 is 17.4 Å². The third-order valence-corrected chi connectivity index (χ3v) is 5.06. The average molecular weight is 341 g/mol. The molecule has 0 radical (unpaired) electrons. The van der Waals surface area contributed by atoms with E-state index < -0.39 is 0 Å². The fourth-order valence-electron chi connectivity index (χ4n) is 3.65. The summed E-state index contributed by atoms with van der Waals surface area (Å²) in [6, 6.07) is 6.07. The van der Waals surface area contributed by atoms with Gasteiger partial charge < -0.3 is 9.80 Å². The molecule has 0 saturated carbocycles. The Hall–Kier alpha value is -2.14. The molecule has 25 heavy (non-hydrogen) atoms. The summed E-state index contributed by atoms with van der Waals surface area (Å²) in [7, 11) is 2.09. The maximum Gasteiger partial charge on any atom is 0.277 e. The number of carbonyl (C=O) groups is 2. The highest BCUT2D eigenvalue weighted by Crippen LogP contribution is 2.34. The van der Waals surface area contributed by atoms with Crippen molar-refractivity contribution in [1.29, 1.82) is 0 Å². The van der Waals surface area contributed by atoms with Gasteiger partial charge in [0.05, 0.1) is 5.57 Å². The maximum atomic E-state index is 13.1. The summed E-state index contributed by atoms with van der Waals surface area (Å²) in [5, 5.41) is 0. The smallest absolute Gasteiger partial charge is 0.277 e. The second-order valence-electron chi connectivity index (χ2n) is 7.09. The molecule has 2 heterocycles. The first kappa shape index (κ1) is 17.7. The van der Waals surface area contributed by atoms with Gasteiger partial charge in [-0.25, -0.2) is 0 Å². The van der Waals surface area contributed by atoms with Gasteiger partial charge in [-0.15, -0.1) is 0 Å². The molecular weight excluding hydrogens is 314 g/mol. The van der Waals surface area contributed by atoms with Crippen LogP contribution in [0.3, 0.4) is 0 Å². The molecule has 1 fully saturated rings. The molecule has 1 aromatic rings. The Balaban J connectivity index is 2.09. The Labute approximate surface area is 149 Å². The van der Waals surface area contributed by atoms with Crippen molar-refractivity contribution in [3.8, 4) is 0 Å². The standard InChI is InChI=1S/C20H27N3O2/c1-5-8-23-19(24)17(16-7-6-14(2)13-15(16)3)18(20(23)25)22-11-9-21(4)10-12-22/h6-7,13H,5,8-12H2,1-4H3. The quantitative estimate of drug-likeness (QED) is 0.786. The molecule has 2 amide bonds. The summed E-state index contributed by atoms with van der Waals surface area (Å²) in [6.07, 6.45) is 0.771. The van der Waals surface area contributed by atoms with Gasteiger partial charge in [-0.1, -0.05) is 30.7 Å².